The second-order valence-electron chi connectivity index (χ2n) is 7.62. The van der Waals surface area contributed by atoms with E-state index in [1.807, 2.05) is 25.3 Å². The molecule has 2 N–H and O–H groups in total. The third kappa shape index (κ3) is 8.98. The van der Waals surface area contributed by atoms with Crippen molar-refractivity contribution in [2.24, 2.45) is 4.99 Å². The number of nitrogens with zero attached hydrogens (tertiary/aromatic N) is 3. The lowest BCUT2D eigenvalue weighted by Gasteiger charge is -2.33. The summed E-state index contributed by atoms with van der Waals surface area (Å²) in [6.45, 7) is 8.33. The number of pyridine rings is 1. The maximum Gasteiger partial charge on any atom is 0.191 e. The van der Waals surface area contributed by atoms with Crippen LogP contribution in [0.15, 0.2) is 53.7 Å². The molecule has 1 aliphatic rings. The number of nitrogens with one attached hydrogen (secondary N) is 2. The van der Waals surface area contributed by atoms with E-state index < -0.39 is 0 Å². The molecule has 1 saturated heterocycles. The van der Waals surface area contributed by atoms with Crippen molar-refractivity contribution in [1.29, 1.82) is 0 Å². The minimum Gasteiger partial charge on any atom is -0.489 e. The molecule has 1 aliphatic heterocycles. The number of aliphatic imine (C=N–C) groups is 1. The van der Waals surface area contributed by atoms with Crippen molar-refractivity contribution in [3.63, 3.8) is 0 Å². The predicted molar refractivity (Wildman–Crippen MR) is 134 cm³/mol. The number of benzene rings is 1. The van der Waals surface area contributed by atoms with Crippen molar-refractivity contribution in [3.05, 3.63) is 60.2 Å². The molecule has 1 aromatic carbocycles. The average Bonchev–Trinajstić information content (AvgIpc) is 2.76. The standard InChI is InChI=1S/C23H32FN5O.HI/c1-3-25-23(27-16-18(2)30-22-9-7-19(24)8-10-22)28-20-11-14-29(15-12-20)17-21-6-4-5-13-26-21;/h4-10,13,18,20H,3,11-12,14-17H2,1-2H3,(H2,25,27,28);1H. The Hall–Kier alpha value is -1.94. The van der Waals surface area contributed by atoms with E-state index in [2.05, 4.69) is 38.5 Å². The minimum atomic E-state index is -0.266. The minimum absolute atomic E-state index is 0. The van der Waals surface area contributed by atoms with Crippen LogP contribution in [0.1, 0.15) is 32.4 Å². The topological polar surface area (TPSA) is 61.8 Å². The summed E-state index contributed by atoms with van der Waals surface area (Å²) in [5.74, 6) is 1.20. The normalized spacial score (nSPS) is 16.3. The molecular weight excluding hydrogens is 508 g/mol. The van der Waals surface area contributed by atoms with Gasteiger partial charge in [0, 0.05) is 38.4 Å². The van der Waals surface area contributed by atoms with Gasteiger partial charge >= 0.3 is 0 Å². The van der Waals surface area contributed by atoms with Crippen LogP contribution in [0.25, 0.3) is 0 Å². The second kappa shape index (κ2) is 13.5. The molecule has 2 heterocycles. The number of rotatable bonds is 8. The number of aromatic nitrogens is 1. The highest BCUT2D eigenvalue weighted by Crippen LogP contribution is 2.14. The van der Waals surface area contributed by atoms with Crippen LogP contribution < -0.4 is 15.4 Å². The number of halogens is 2. The fraction of sp³-hybridized carbons (Fsp3) is 0.478. The number of likely N-dealkylation sites (tertiary alicyclic amines) is 1. The van der Waals surface area contributed by atoms with Gasteiger partial charge in [0.05, 0.1) is 12.2 Å². The molecule has 1 aromatic heterocycles. The van der Waals surface area contributed by atoms with Crippen LogP contribution in [0, 0.1) is 5.82 Å². The van der Waals surface area contributed by atoms with Gasteiger partial charge in [0.25, 0.3) is 0 Å². The lowest BCUT2D eigenvalue weighted by Crippen LogP contribution is -2.48. The van der Waals surface area contributed by atoms with Crippen molar-refractivity contribution in [2.45, 2.75) is 45.4 Å². The highest BCUT2D eigenvalue weighted by Gasteiger charge is 2.20. The van der Waals surface area contributed by atoms with E-state index in [1.54, 1.807) is 12.1 Å². The summed E-state index contributed by atoms with van der Waals surface area (Å²) in [6, 6.07) is 12.5. The molecule has 0 bridgehead atoms. The van der Waals surface area contributed by atoms with Gasteiger partial charge in [-0.1, -0.05) is 6.07 Å². The SMILES string of the molecule is CCNC(=NCC(C)Oc1ccc(F)cc1)NC1CCN(Cc2ccccn2)CC1.I. The molecule has 0 aliphatic carbocycles. The molecule has 31 heavy (non-hydrogen) atoms. The molecule has 3 rings (SSSR count). The lowest BCUT2D eigenvalue weighted by molar-refractivity contribution is 0.196. The van der Waals surface area contributed by atoms with E-state index in [1.165, 1.54) is 12.1 Å². The smallest absolute Gasteiger partial charge is 0.191 e. The zero-order valence-corrected chi connectivity index (χ0v) is 20.6. The number of guanidine groups is 1. The quantitative estimate of drug-likeness (QED) is 0.303. The van der Waals surface area contributed by atoms with Gasteiger partial charge in [0.2, 0.25) is 0 Å². The summed E-state index contributed by atoms with van der Waals surface area (Å²) in [7, 11) is 0. The molecule has 170 valence electrons. The van der Waals surface area contributed by atoms with Gasteiger partial charge < -0.3 is 15.4 Å². The van der Waals surface area contributed by atoms with Crippen molar-refractivity contribution < 1.29 is 9.13 Å². The van der Waals surface area contributed by atoms with Gasteiger partial charge in [0.15, 0.2) is 5.96 Å². The molecule has 1 unspecified atom stereocenters. The molecule has 2 aromatic rings. The van der Waals surface area contributed by atoms with Crippen LogP contribution in [0.3, 0.4) is 0 Å². The Bertz CT molecular complexity index is 782. The fourth-order valence-corrected chi connectivity index (χ4v) is 3.47. The van der Waals surface area contributed by atoms with E-state index in [-0.39, 0.29) is 35.9 Å². The van der Waals surface area contributed by atoms with Crippen LogP contribution in [-0.4, -0.2) is 54.2 Å². The van der Waals surface area contributed by atoms with Crippen LogP contribution >= 0.6 is 24.0 Å². The molecule has 1 fully saturated rings. The van der Waals surface area contributed by atoms with Crippen molar-refractivity contribution in [1.82, 2.24) is 20.5 Å². The van der Waals surface area contributed by atoms with Crippen LogP contribution in [0.5, 0.6) is 5.75 Å². The van der Waals surface area contributed by atoms with Gasteiger partial charge in [-0.25, -0.2) is 9.38 Å². The number of ether oxygens (including phenoxy) is 1. The summed E-state index contributed by atoms with van der Waals surface area (Å²) in [5.41, 5.74) is 1.12. The van der Waals surface area contributed by atoms with Gasteiger partial charge in [0.1, 0.15) is 17.7 Å². The summed E-state index contributed by atoms with van der Waals surface area (Å²) in [4.78, 5) is 11.6. The van der Waals surface area contributed by atoms with E-state index >= 15 is 0 Å². The Labute approximate surface area is 201 Å². The summed E-state index contributed by atoms with van der Waals surface area (Å²) >= 11 is 0. The van der Waals surface area contributed by atoms with E-state index in [0.717, 1.165) is 50.7 Å². The molecule has 8 heteroatoms. The zero-order valence-electron chi connectivity index (χ0n) is 18.3. The first kappa shape index (κ1) is 25.3. The van der Waals surface area contributed by atoms with Gasteiger partial charge in [-0.05, 0) is 63.1 Å². The summed E-state index contributed by atoms with van der Waals surface area (Å²) in [6.07, 6.45) is 3.88. The van der Waals surface area contributed by atoms with E-state index in [9.17, 15) is 4.39 Å². The third-order valence-corrected chi connectivity index (χ3v) is 5.04. The average molecular weight is 541 g/mol. The Morgan fingerprint density at radius 3 is 2.61 bits per heavy atom. The first-order valence-corrected chi connectivity index (χ1v) is 10.7. The van der Waals surface area contributed by atoms with Gasteiger partial charge in [-0.15, -0.1) is 24.0 Å². The van der Waals surface area contributed by atoms with E-state index in [0.29, 0.717) is 18.3 Å². The predicted octanol–water partition coefficient (Wildman–Crippen LogP) is 3.83. The maximum atomic E-state index is 13.0. The Morgan fingerprint density at radius 2 is 1.97 bits per heavy atom. The molecule has 0 amide bonds. The van der Waals surface area contributed by atoms with Crippen molar-refractivity contribution in [2.75, 3.05) is 26.2 Å². The molecule has 1 atom stereocenters. The molecular formula is C23H33FIN5O. The fourth-order valence-electron chi connectivity index (χ4n) is 3.47. The van der Waals surface area contributed by atoms with Gasteiger partial charge in [-0.3, -0.25) is 9.88 Å². The van der Waals surface area contributed by atoms with Crippen LogP contribution in [0.2, 0.25) is 0 Å². The van der Waals surface area contributed by atoms with E-state index in [4.69, 9.17) is 4.74 Å². The van der Waals surface area contributed by atoms with Crippen molar-refractivity contribution in [3.8, 4) is 5.75 Å². The Balaban J connectivity index is 0.00000341. The van der Waals surface area contributed by atoms with Crippen LogP contribution in [-0.2, 0) is 6.54 Å². The van der Waals surface area contributed by atoms with Crippen molar-refractivity contribution >= 4 is 29.9 Å². The first-order valence-electron chi connectivity index (χ1n) is 10.7. The summed E-state index contributed by atoms with van der Waals surface area (Å²) < 4.78 is 18.8. The first-order chi connectivity index (χ1) is 14.6. The third-order valence-electron chi connectivity index (χ3n) is 5.04. The lowest BCUT2D eigenvalue weighted by atomic mass is 10.0. The Morgan fingerprint density at radius 1 is 1.23 bits per heavy atom. The summed E-state index contributed by atoms with van der Waals surface area (Å²) in [5, 5.41) is 6.88. The second-order valence-corrected chi connectivity index (χ2v) is 7.62. The monoisotopic (exact) mass is 541 g/mol. The highest BCUT2D eigenvalue weighted by molar-refractivity contribution is 14.0. The zero-order chi connectivity index (χ0) is 21.2. The van der Waals surface area contributed by atoms with Crippen LogP contribution in [0.4, 0.5) is 4.39 Å². The maximum absolute atomic E-state index is 13.0. The number of hydrogen-bond donors (Lipinski definition) is 2. The number of piperidine rings is 1. The highest BCUT2D eigenvalue weighted by atomic mass is 127. The Kier molecular flexibility index (Phi) is 11.0. The largest absolute Gasteiger partial charge is 0.489 e. The molecule has 0 spiro atoms. The number of hydrogen-bond acceptors (Lipinski definition) is 4. The molecule has 0 saturated carbocycles. The molecule has 0 radical (unpaired) electrons. The molecule has 6 nitrogen and oxygen atoms in total. The van der Waals surface area contributed by atoms with Gasteiger partial charge in [-0.2, -0.15) is 0 Å².